The molecule has 0 aromatic heterocycles. The van der Waals surface area contributed by atoms with E-state index in [0.717, 1.165) is 12.8 Å². The van der Waals surface area contributed by atoms with Crippen LogP contribution in [-0.4, -0.2) is 23.8 Å². The van der Waals surface area contributed by atoms with E-state index in [0.29, 0.717) is 18.0 Å². The summed E-state index contributed by atoms with van der Waals surface area (Å²) >= 11 is 0.0785. The van der Waals surface area contributed by atoms with Gasteiger partial charge in [-0.05, 0) is 55.7 Å². The monoisotopic (exact) mass is 281 g/mol. The van der Waals surface area contributed by atoms with Gasteiger partial charge in [0.2, 0.25) is 0 Å². The minimum atomic E-state index is -4.08. The molecule has 0 heterocycles. The minimum absolute atomic E-state index is 0.0785. The van der Waals surface area contributed by atoms with Gasteiger partial charge in [0, 0.05) is 18.3 Å². The fraction of sp³-hybridized carbons (Fsp3) is 1.00. The molecule has 1 N–H and O–H groups in total. The first-order valence-electron chi connectivity index (χ1n) is 6.93. The second-order valence-electron chi connectivity index (χ2n) is 5.73. The molecule has 1 spiro atoms. The summed E-state index contributed by atoms with van der Waals surface area (Å²) < 4.78 is 35.9. The molecular weight excluding hydrogens is 259 g/mol. The van der Waals surface area contributed by atoms with Crippen molar-refractivity contribution in [3.63, 3.8) is 0 Å². The van der Waals surface area contributed by atoms with Gasteiger partial charge in [-0.2, -0.15) is 13.2 Å². The Morgan fingerprint density at radius 3 is 2.22 bits per heavy atom. The fourth-order valence-electron chi connectivity index (χ4n) is 3.49. The van der Waals surface area contributed by atoms with Crippen molar-refractivity contribution < 1.29 is 13.2 Å². The maximum absolute atomic E-state index is 12.0. The molecule has 2 rings (SSSR count). The van der Waals surface area contributed by atoms with E-state index in [1.165, 1.54) is 38.5 Å². The van der Waals surface area contributed by atoms with Crippen LogP contribution < -0.4 is 5.32 Å². The Balaban J connectivity index is 1.59. The summed E-state index contributed by atoms with van der Waals surface area (Å²) in [5.41, 5.74) is -3.47. The Morgan fingerprint density at radius 2 is 1.67 bits per heavy atom. The van der Waals surface area contributed by atoms with Crippen molar-refractivity contribution in [3.8, 4) is 0 Å². The molecule has 2 aliphatic carbocycles. The third kappa shape index (κ3) is 4.34. The average Bonchev–Trinajstić information content (AvgIpc) is 2.75. The highest BCUT2D eigenvalue weighted by atomic mass is 32.2. The third-order valence-corrected chi connectivity index (χ3v) is 5.25. The Bertz CT molecular complexity index is 251. The quantitative estimate of drug-likeness (QED) is 0.770. The predicted molar refractivity (Wildman–Crippen MR) is 69.7 cm³/mol. The van der Waals surface area contributed by atoms with Crippen molar-refractivity contribution in [3.05, 3.63) is 0 Å². The van der Waals surface area contributed by atoms with Crippen molar-refractivity contribution in [1.82, 2.24) is 5.32 Å². The van der Waals surface area contributed by atoms with Crippen LogP contribution in [0, 0.1) is 5.41 Å². The maximum Gasteiger partial charge on any atom is 0.441 e. The van der Waals surface area contributed by atoms with Crippen molar-refractivity contribution in [2.24, 2.45) is 5.41 Å². The first-order chi connectivity index (χ1) is 8.49. The van der Waals surface area contributed by atoms with Gasteiger partial charge in [0.15, 0.2) is 0 Å². The van der Waals surface area contributed by atoms with Gasteiger partial charge in [0.25, 0.3) is 0 Å². The zero-order valence-corrected chi connectivity index (χ0v) is 11.5. The van der Waals surface area contributed by atoms with Gasteiger partial charge in [-0.15, -0.1) is 0 Å². The van der Waals surface area contributed by atoms with Crippen LogP contribution >= 0.6 is 11.8 Å². The smallest absolute Gasteiger partial charge is 0.313 e. The summed E-state index contributed by atoms with van der Waals surface area (Å²) in [6.07, 6.45) is 10.4. The number of nitrogens with one attached hydrogen (secondary N) is 1. The topological polar surface area (TPSA) is 12.0 Å². The molecule has 5 heteroatoms. The van der Waals surface area contributed by atoms with Crippen LogP contribution in [0.2, 0.25) is 0 Å². The lowest BCUT2D eigenvalue weighted by atomic mass is 9.71. The molecule has 0 radical (unpaired) electrons. The molecule has 0 atom stereocenters. The summed E-state index contributed by atoms with van der Waals surface area (Å²) in [7, 11) is 0. The van der Waals surface area contributed by atoms with Crippen LogP contribution in [0.25, 0.3) is 0 Å². The second kappa shape index (κ2) is 6.04. The van der Waals surface area contributed by atoms with E-state index in [9.17, 15) is 13.2 Å². The largest absolute Gasteiger partial charge is 0.441 e. The molecule has 1 nitrogen and oxygen atoms in total. The lowest BCUT2D eigenvalue weighted by Gasteiger charge is -2.37. The van der Waals surface area contributed by atoms with Crippen molar-refractivity contribution in [2.75, 3.05) is 12.3 Å². The summed E-state index contributed by atoms with van der Waals surface area (Å²) in [6.45, 7) is 0.474. The van der Waals surface area contributed by atoms with Crippen LogP contribution in [0.15, 0.2) is 0 Å². The number of hydrogen-bond acceptors (Lipinski definition) is 2. The van der Waals surface area contributed by atoms with E-state index >= 15 is 0 Å². The number of rotatable bonds is 4. The lowest BCUT2D eigenvalue weighted by Crippen LogP contribution is -2.37. The van der Waals surface area contributed by atoms with Gasteiger partial charge in [-0.25, -0.2) is 0 Å². The molecule has 0 amide bonds. The van der Waals surface area contributed by atoms with Crippen LogP contribution in [0.4, 0.5) is 13.2 Å². The van der Waals surface area contributed by atoms with Crippen LogP contribution in [0.1, 0.15) is 51.4 Å². The Labute approximate surface area is 111 Å². The first kappa shape index (κ1) is 14.5. The van der Waals surface area contributed by atoms with Crippen LogP contribution in [0.3, 0.4) is 0 Å². The molecule has 0 bridgehead atoms. The second-order valence-corrected chi connectivity index (χ2v) is 6.89. The fourth-order valence-corrected chi connectivity index (χ4v) is 3.94. The molecule has 0 unspecified atom stereocenters. The average molecular weight is 281 g/mol. The highest BCUT2D eigenvalue weighted by Crippen LogP contribution is 2.48. The van der Waals surface area contributed by atoms with E-state index in [1.807, 2.05) is 0 Å². The summed E-state index contributed by atoms with van der Waals surface area (Å²) in [5, 5.41) is 3.28. The standard InChI is InChI=1S/C13H22F3NS/c14-13(15,16)18-10-9-17-11-3-7-12(8-4-11)5-1-2-6-12/h11,17H,1-10H2. The Morgan fingerprint density at radius 1 is 1.06 bits per heavy atom. The zero-order chi connectivity index (χ0) is 13.1. The number of thioether (sulfide) groups is 1. The summed E-state index contributed by atoms with van der Waals surface area (Å²) in [4.78, 5) is 0. The first-order valence-corrected chi connectivity index (χ1v) is 7.92. The van der Waals surface area contributed by atoms with Crippen molar-refractivity contribution >= 4 is 11.8 Å². The van der Waals surface area contributed by atoms with Gasteiger partial charge in [-0.1, -0.05) is 12.8 Å². The van der Waals surface area contributed by atoms with Crippen molar-refractivity contribution in [1.29, 1.82) is 0 Å². The summed E-state index contributed by atoms with van der Waals surface area (Å²) in [6, 6.07) is 0.449. The number of halogens is 3. The van der Waals surface area contributed by atoms with Gasteiger partial charge < -0.3 is 5.32 Å². The predicted octanol–water partition coefficient (Wildman–Crippen LogP) is 4.33. The molecule has 2 fully saturated rings. The normalized spacial score (nSPS) is 24.8. The van der Waals surface area contributed by atoms with E-state index in [-0.39, 0.29) is 17.5 Å². The molecule has 0 aromatic carbocycles. The van der Waals surface area contributed by atoms with Crippen LogP contribution in [-0.2, 0) is 0 Å². The molecule has 18 heavy (non-hydrogen) atoms. The van der Waals surface area contributed by atoms with Gasteiger partial charge in [0.1, 0.15) is 0 Å². The maximum atomic E-state index is 12.0. The van der Waals surface area contributed by atoms with Gasteiger partial charge in [0.05, 0.1) is 0 Å². The van der Waals surface area contributed by atoms with Crippen LogP contribution in [0.5, 0.6) is 0 Å². The zero-order valence-electron chi connectivity index (χ0n) is 10.7. The molecule has 2 aliphatic rings. The number of alkyl halides is 3. The number of hydrogen-bond donors (Lipinski definition) is 1. The van der Waals surface area contributed by atoms with E-state index in [2.05, 4.69) is 5.32 Å². The molecule has 106 valence electrons. The van der Waals surface area contributed by atoms with E-state index in [4.69, 9.17) is 0 Å². The minimum Gasteiger partial charge on any atom is -0.313 e. The molecule has 0 saturated heterocycles. The molecule has 0 aromatic rings. The van der Waals surface area contributed by atoms with Gasteiger partial charge in [-0.3, -0.25) is 0 Å². The SMILES string of the molecule is FC(F)(F)SCCNC1CCC2(CCCC2)CC1. The van der Waals surface area contributed by atoms with Crippen molar-refractivity contribution in [2.45, 2.75) is 62.9 Å². The molecule has 2 saturated carbocycles. The Hall–Kier alpha value is 0.1000. The molecule has 0 aliphatic heterocycles. The molecular formula is C13H22F3NS. The third-order valence-electron chi connectivity index (χ3n) is 4.51. The van der Waals surface area contributed by atoms with E-state index in [1.54, 1.807) is 0 Å². The Kier molecular flexibility index (Phi) is 4.86. The van der Waals surface area contributed by atoms with E-state index < -0.39 is 5.51 Å². The highest BCUT2D eigenvalue weighted by molar-refractivity contribution is 8.00. The highest BCUT2D eigenvalue weighted by Gasteiger charge is 2.37. The summed E-state index contributed by atoms with van der Waals surface area (Å²) in [5.74, 6) is 0.130. The van der Waals surface area contributed by atoms with Gasteiger partial charge >= 0.3 is 5.51 Å². The lowest BCUT2D eigenvalue weighted by molar-refractivity contribution is -0.0327.